The fraction of sp³-hybridized carbons (Fsp3) is 0.294. The molecule has 1 nitrogen and oxygen atoms in total. The van der Waals surface area contributed by atoms with Crippen LogP contribution in [0.4, 0.5) is 0 Å². The molecule has 20 heavy (non-hydrogen) atoms. The van der Waals surface area contributed by atoms with E-state index in [1.165, 1.54) is 40.8 Å². The molecule has 0 fully saturated rings. The van der Waals surface area contributed by atoms with E-state index in [1.54, 1.807) is 11.8 Å². The number of hydrogen-bond acceptors (Lipinski definition) is 2. The average Bonchev–Trinajstić information content (AvgIpc) is 2.90. The first-order valence-electron chi connectivity index (χ1n) is 7.05. The van der Waals surface area contributed by atoms with Gasteiger partial charge < -0.3 is 5.73 Å². The molecule has 0 atom stereocenters. The lowest BCUT2D eigenvalue weighted by Gasteiger charge is -2.11. The topological polar surface area (TPSA) is 26.0 Å². The van der Waals surface area contributed by atoms with Crippen LogP contribution in [0.3, 0.4) is 0 Å². The normalized spacial score (nSPS) is 13.5. The lowest BCUT2D eigenvalue weighted by molar-refractivity contribution is 0.911. The summed E-state index contributed by atoms with van der Waals surface area (Å²) >= 11 is 8.13. The Morgan fingerprint density at radius 1 is 1.10 bits per heavy atom. The van der Waals surface area contributed by atoms with Gasteiger partial charge in [-0.25, -0.2) is 0 Å². The molecule has 3 heteroatoms. The van der Waals surface area contributed by atoms with Crippen LogP contribution in [0.15, 0.2) is 46.2 Å². The summed E-state index contributed by atoms with van der Waals surface area (Å²) in [5.41, 5.74) is 9.95. The minimum Gasteiger partial charge on any atom is -0.330 e. The van der Waals surface area contributed by atoms with E-state index in [0.717, 1.165) is 16.3 Å². The SMILES string of the molecule is NCCc1cccc(Cl)c1Sc1ccc2c(c1)CCC2. The molecule has 3 rings (SSSR count). The Bertz CT molecular complexity index is 624. The van der Waals surface area contributed by atoms with Crippen LogP contribution in [0.1, 0.15) is 23.1 Å². The fourth-order valence-electron chi connectivity index (χ4n) is 2.75. The third-order valence-electron chi connectivity index (χ3n) is 3.75. The Hall–Kier alpha value is -0.960. The van der Waals surface area contributed by atoms with Gasteiger partial charge in [-0.05, 0) is 67.1 Å². The van der Waals surface area contributed by atoms with E-state index in [-0.39, 0.29) is 0 Å². The maximum Gasteiger partial charge on any atom is 0.0548 e. The van der Waals surface area contributed by atoms with E-state index in [1.807, 2.05) is 12.1 Å². The van der Waals surface area contributed by atoms with Crippen molar-refractivity contribution < 1.29 is 0 Å². The van der Waals surface area contributed by atoms with E-state index < -0.39 is 0 Å². The largest absolute Gasteiger partial charge is 0.330 e. The molecule has 0 radical (unpaired) electrons. The molecule has 0 saturated carbocycles. The van der Waals surface area contributed by atoms with Crippen molar-refractivity contribution in [2.45, 2.75) is 35.5 Å². The molecule has 2 aromatic carbocycles. The van der Waals surface area contributed by atoms with Crippen molar-refractivity contribution in [2.24, 2.45) is 5.73 Å². The monoisotopic (exact) mass is 303 g/mol. The molecule has 0 saturated heterocycles. The van der Waals surface area contributed by atoms with Gasteiger partial charge in [-0.2, -0.15) is 0 Å². The average molecular weight is 304 g/mol. The van der Waals surface area contributed by atoms with Crippen LogP contribution >= 0.6 is 23.4 Å². The predicted molar refractivity (Wildman–Crippen MR) is 86.8 cm³/mol. The molecule has 1 aliphatic carbocycles. The van der Waals surface area contributed by atoms with Crippen LogP contribution in [-0.2, 0) is 19.3 Å². The summed E-state index contributed by atoms with van der Waals surface area (Å²) in [5.74, 6) is 0. The van der Waals surface area contributed by atoms with Crippen molar-refractivity contribution in [1.82, 2.24) is 0 Å². The van der Waals surface area contributed by atoms with Gasteiger partial charge in [0.15, 0.2) is 0 Å². The minimum atomic E-state index is 0.651. The van der Waals surface area contributed by atoms with Crippen LogP contribution in [0, 0.1) is 0 Å². The van der Waals surface area contributed by atoms with Crippen LogP contribution in [0.2, 0.25) is 5.02 Å². The molecule has 0 bridgehead atoms. The second kappa shape index (κ2) is 6.21. The quantitative estimate of drug-likeness (QED) is 0.901. The van der Waals surface area contributed by atoms with Crippen molar-refractivity contribution in [3.05, 3.63) is 58.1 Å². The number of hydrogen-bond donors (Lipinski definition) is 1. The Morgan fingerprint density at radius 2 is 1.95 bits per heavy atom. The summed E-state index contributed by atoms with van der Waals surface area (Å²) < 4.78 is 0. The van der Waals surface area contributed by atoms with E-state index in [9.17, 15) is 0 Å². The van der Waals surface area contributed by atoms with Gasteiger partial charge in [0, 0.05) is 9.79 Å². The van der Waals surface area contributed by atoms with Gasteiger partial charge in [-0.1, -0.05) is 41.6 Å². The number of halogens is 1. The number of benzene rings is 2. The fourth-order valence-corrected chi connectivity index (χ4v) is 4.10. The zero-order valence-corrected chi connectivity index (χ0v) is 12.9. The van der Waals surface area contributed by atoms with Gasteiger partial charge in [-0.3, -0.25) is 0 Å². The Kier molecular flexibility index (Phi) is 4.35. The summed E-state index contributed by atoms with van der Waals surface area (Å²) in [6.07, 6.45) is 4.59. The molecule has 1 aliphatic rings. The van der Waals surface area contributed by atoms with E-state index in [0.29, 0.717) is 6.54 Å². The first-order chi connectivity index (χ1) is 9.78. The molecule has 0 aliphatic heterocycles. The van der Waals surface area contributed by atoms with Crippen LogP contribution in [-0.4, -0.2) is 6.54 Å². The highest BCUT2D eigenvalue weighted by Gasteiger charge is 2.13. The zero-order valence-electron chi connectivity index (χ0n) is 11.4. The van der Waals surface area contributed by atoms with Crippen LogP contribution in [0.5, 0.6) is 0 Å². The second-order valence-electron chi connectivity index (χ2n) is 5.15. The lowest BCUT2D eigenvalue weighted by atomic mass is 10.1. The van der Waals surface area contributed by atoms with Crippen LogP contribution in [0.25, 0.3) is 0 Å². The lowest BCUT2D eigenvalue weighted by Crippen LogP contribution is -2.03. The van der Waals surface area contributed by atoms with E-state index >= 15 is 0 Å². The molecule has 0 spiro atoms. The molecule has 0 unspecified atom stereocenters. The first-order valence-corrected chi connectivity index (χ1v) is 8.24. The smallest absolute Gasteiger partial charge is 0.0548 e. The van der Waals surface area contributed by atoms with Crippen molar-refractivity contribution in [3.8, 4) is 0 Å². The maximum atomic E-state index is 6.37. The van der Waals surface area contributed by atoms with Crippen LogP contribution < -0.4 is 5.73 Å². The standard InChI is InChI=1S/C17H18ClNS/c18-16-6-2-4-13(9-10-19)17(16)20-15-8-7-12-3-1-5-14(12)11-15/h2,4,6-8,11H,1,3,5,9-10,19H2. The summed E-state index contributed by atoms with van der Waals surface area (Å²) in [6.45, 7) is 0.651. The van der Waals surface area contributed by atoms with Crippen molar-refractivity contribution >= 4 is 23.4 Å². The Labute approximate surface area is 129 Å². The molecular formula is C17H18ClNS. The van der Waals surface area contributed by atoms with Gasteiger partial charge in [0.05, 0.1) is 5.02 Å². The Balaban J connectivity index is 1.91. The van der Waals surface area contributed by atoms with E-state index in [2.05, 4.69) is 24.3 Å². The highest BCUT2D eigenvalue weighted by molar-refractivity contribution is 7.99. The zero-order chi connectivity index (χ0) is 13.9. The van der Waals surface area contributed by atoms with Gasteiger partial charge in [-0.15, -0.1) is 0 Å². The van der Waals surface area contributed by atoms with Crippen molar-refractivity contribution in [3.63, 3.8) is 0 Å². The van der Waals surface area contributed by atoms with Gasteiger partial charge >= 0.3 is 0 Å². The number of nitrogens with two attached hydrogens (primary N) is 1. The predicted octanol–water partition coefficient (Wildman–Crippen LogP) is 4.48. The molecule has 2 aromatic rings. The van der Waals surface area contributed by atoms with Gasteiger partial charge in [0.1, 0.15) is 0 Å². The number of aryl methyl sites for hydroxylation is 2. The number of rotatable bonds is 4. The maximum absolute atomic E-state index is 6.37. The summed E-state index contributed by atoms with van der Waals surface area (Å²) in [6, 6.07) is 12.9. The summed E-state index contributed by atoms with van der Waals surface area (Å²) in [4.78, 5) is 2.43. The highest BCUT2D eigenvalue weighted by Crippen LogP contribution is 2.37. The third kappa shape index (κ3) is 2.88. The molecule has 0 heterocycles. The molecule has 0 aromatic heterocycles. The second-order valence-corrected chi connectivity index (χ2v) is 6.64. The number of fused-ring (bicyclic) bond motifs is 1. The summed E-state index contributed by atoms with van der Waals surface area (Å²) in [7, 11) is 0. The third-order valence-corrected chi connectivity index (χ3v) is 5.35. The molecule has 0 amide bonds. The summed E-state index contributed by atoms with van der Waals surface area (Å²) in [5, 5.41) is 0.821. The van der Waals surface area contributed by atoms with E-state index in [4.69, 9.17) is 17.3 Å². The highest BCUT2D eigenvalue weighted by atomic mass is 35.5. The minimum absolute atomic E-state index is 0.651. The molecule has 2 N–H and O–H groups in total. The molecular weight excluding hydrogens is 286 g/mol. The van der Waals surface area contributed by atoms with Crippen molar-refractivity contribution in [2.75, 3.05) is 6.54 Å². The molecule has 104 valence electrons. The first kappa shape index (κ1) is 14.0. The Morgan fingerprint density at radius 3 is 2.80 bits per heavy atom. The van der Waals surface area contributed by atoms with Crippen molar-refractivity contribution in [1.29, 1.82) is 0 Å². The van der Waals surface area contributed by atoms with Gasteiger partial charge in [0.25, 0.3) is 0 Å². The van der Waals surface area contributed by atoms with Gasteiger partial charge in [0.2, 0.25) is 0 Å².